The van der Waals surface area contributed by atoms with E-state index in [0.717, 1.165) is 32.1 Å². The average Bonchev–Trinajstić information content (AvgIpc) is 3.10. The summed E-state index contributed by atoms with van der Waals surface area (Å²) in [6, 6.07) is 10.9. The van der Waals surface area contributed by atoms with Gasteiger partial charge in [0.1, 0.15) is 5.75 Å². The fourth-order valence-electron chi connectivity index (χ4n) is 6.71. The van der Waals surface area contributed by atoms with E-state index in [4.69, 9.17) is 16.3 Å². The number of benzene rings is 2. The minimum Gasteiger partial charge on any atom is -0.490 e. The number of rotatable bonds is 10. The number of carbonyl (C=O) groups excluding carboxylic acids is 1. The molecule has 0 aromatic heterocycles. The largest absolute Gasteiger partial charge is 0.490 e. The zero-order valence-corrected chi connectivity index (χ0v) is 26.5. The number of fused-ring (bicyclic) bond motifs is 3. The number of nitrogens with zero attached hydrogens (tertiary/aromatic N) is 1. The lowest BCUT2D eigenvalue weighted by Crippen LogP contribution is -2.53. The summed E-state index contributed by atoms with van der Waals surface area (Å²) in [5.41, 5.74) is 1.65. The van der Waals surface area contributed by atoms with E-state index in [1.807, 2.05) is 12.1 Å². The summed E-state index contributed by atoms with van der Waals surface area (Å²) >= 11 is 6.37. The SMILES string of the molecule is C=CCNC(C)(C)C(=O)NS(=O)(=O)c1ccc2c(c1)N(C[C@@H]1CC[C@H]1C(O)C=C)C[C@@]1(CCCc3cc(Cl)ccc31)CO2. The number of amides is 1. The molecule has 0 bridgehead atoms. The normalized spacial score (nSPS) is 24.0. The molecular formula is C33H42ClN3O5S. The second-order valence-corrected chi connectivity index (χ2v) is 14.8. The topological polar surface area (TPSA) is 108 Å². The van der Waals surface area contributed by atoms with Gasteiger partial charge in [-0.1, -0.05) is 29.8 Å². The number of aliphatic hydroxyl groups is 1. The molecule has 1 aliphatic heterocycles. The van der Waals surface area contributed by atoms with Gasteiger partial charge >= 0.3 is 0 Å². The second-order valence-electron chi connectivity index (χ2n) is 12.7. The van der Waals surface area contributed by atoms with Gasteiger partial charge in [-0.3, -0.25) is 4.79 Å². The Hall–Kier alpha value is -2.85. The number of aryl methyl sites for hydroxylation is 1. The number of halogens is 1. The smallest absolute Gasteiger partial charge is 0.264 e. The number of anilines is 1. The maximum Gasteiger partial charge on any atom is 0.264 e. The summed E-state index contributed by atoms with van der Waals surface area (Å²) < 4.78 is 35.8. The molecule has 1 saturated carbocycles. The highest BCUT2D eigenvalue weighted by Crippen LogP contribution is 2.47. The van der Waals surface area contributed by atoms with Gasteiger partial charge in [0.25, 0.3) is 15.9 Å². The van der Waals surface area contributed by atoms with Gasteiger partial charge in [-0.2, -0.15) is 0 Å². The van der Waals surface area contributed by atoms with Crippen molar-refractivity contribution in [1.29, 1.82) is 0 Å². The zero-order valence-electron chi connectivity index (χ0n) is 24.9. The maximum absolute atomic E-state index is 13.5. The lowest BCUT2D eigenvalue weighted by atomic mass is 9.68. The van der Waals surface area contributed by atoms with Crippen LogP contribution in [0.1, 0.15) is 50.7 Å². The molecule has 1 unspecified atom stereocenters. The molecule has 2 aliphatic carbocycles. The number of nitrogens with one attached hydrogen (secondary N) is 2. The Morgan fingerprint density at radius 2 is 2.05 bits per heavy atom. The summed E-state index contributed by atoms with van der Waals surface area (Å²) in [5.74, 6) is 0.233. The van der Waals surface area contributed by atoms with Crippen LogP contribution < -0.4 is 19.7 Å². The number of hydrogen-bond acceptors (Lipinski definition) is 7. The van der Waals surface area contributed by atoms with E-state index in [9.17, 15) is 18.3 Å². The molecule has 8 nitrogen and oxygen atoms in total. The minimum absolute atomic E-state index is 0.0178. The van der Waals surface area contributed by atoms with Crippen molar-refractivity contribution in [2.75, 3.05) is 31.1 Å². The van der Waals surface area contributed by atoms with Gasteiger partial charge < -0.3 is 20.1 Å². The first-order valence-electron chi connectivity index (χ1n) is 14.9. The lowest BCUT2D eigenvalue weighted by molar-refractivity contribution is -0.124. The first kappa shape index (κ1) is 31.6. The van der Waals surface area contributed by atoms with Crippen LogP contribution in [0.2, 0.25) is 5.02 Å². The Morgan fingerprint density at radius 1 is 1.26 bits per heavy atom. The van der Waals surface area contributed by atoms with E-state index < -0.39 is 27.6 Å². The number of aliphatic hydroxyl groups excluding tert-OH is 1. The first-order chi connectivity index (χ1) is 20.4. The molecular weight excluding hydrogens is 586 g/mol. The van der Waals surface area contributed by atoms with Crippen LogP contribution in [-0.2, 0) is 26.7 Å². The average molecular weight is 628 g/mol. The van der Waals surface area contributed by atoms with Crippen LogP contribution >= 0.6 is 11.6 Å². The third-order valence-electron chi connectivity index (χ3n) is 9.41. The maximum atomic E-state index is 13.5. The monoisotopic (exact) mass is 627 g/mol. The van der Waals surface area contributed by atoms with Crippen LogP contribution in [0.25, 0.3) is 0 Å². The Balaban J connectivity index is 1.51. The molecule has 232 valence electrons. The molecule has 1 spiro atoms. The van der Waals surface area contributed by atoms with Crippen molar-refractivity contribution in [2.24, 2.45) is 11.8 Å². The Morgan fingerprint density at radius 3 is 2.74 bits per heavy atom. The summed E-state index contributed by atoms with van der Waals surface area (Å²) in [4.78, 5) is 15.2. The Bertz CT molecular complexity index is 1510. The van der Waals surface area contributed by atoms with Crippen molar-refractivity contribution >= 4 is 33.2 Å². The molecule has 3 N–H and O–H groups in total. The molecule has 10 heteroatoms. The third-order valence-corrected chi connectivity index (χ3v) is 11.0. The molecule has 2 aromatic rings. The lowest BCUT2D eigenvalue weighted by Gasteiger charge is -2.45. The highest BCUT2D eigenvalue weighted by Gasteiger charge is 2.44. The predicted octanol–water partition coefficient (Wildman–Crippen LogP) is 4.75. The second kappa shape index (κ2) is 12.3. The standard InChI is InChI=1S/C33H42ClN3O5S/c1-5-16-35-32(3,4)31(39)36-43(40,41)25-11-14-30-28(18-25)37(19-23-9-12-26(23)29(38)6-2)20-33(21-42-30)15-7-8-22-17-24(34)10-13-27(22)33/h5-6,10-11,13-14,17-18,23,26,29,35,38H,1-2,7-9,12,15-16,19-21H2,3-4H3,(H,36,39)/t23-,26+,29?,33-/m0/s1. The molecule has 0 radical (unpaired) electrons. The Kier molecular flexibility index (Phi) is 9.01. The molecule has 2 aromatic carbocycles. The van der Waals surface area contributed by atoms with Gasteiger partial charge in [0, 0.05) is 30.1 Å². The van der Waals surface area contributed by atoms with Crippen molar-refractivity contribution < 1.29 is 23.1 Å². The van der Waals surface area contributed by atoms with Gasteiger partial charge in [-0.05, 0) is 99.2 Å². The third kappa shape index (κ3) is 6.36. The van der Waals surface area contributed by atoms with Gasteiger partial charge in [-0.15, -0.1) is 13.2 Å². The van der Waals surface area contributed by atoms with Gasteiger partial charge in [0.15, 0.2) is 0 Å². The van der Waals surface area contributed by atoms with Gasteiger partial charge in [0.05, 0.1) is 28.8 Å². The highest BCUT2D eigenvalue weighted by atomic mass is 35.5. The number of carbonyl (C=O) groups is 1. The van der Waals surface area contributed by atoms with Crippen molar-refractivity contribution in [3.05, 3.63) is 77.9 Å². The van der Waals surface area contributed by atoms with Gasteiger partial charge in [-0.25, -0.2) is 13.1 Å². The van der Waals surface area contributed by atoms with Crippen LogP contribution in [-0.4, -0.2) is 57.3 Å². The van der Waals surface area contributed by atoms with Crippen molar-refractivity contribution in [1.82, 2.24) is 10.0 Å². The van der Waals surface area contributed by atoms with E-state index in [2.05, 4.69) is 34.2 Å². The highest BCUT2D eigenvalue weighted by molar-refractivity contribution is 7.90. The molecule has 4 atom stereocenters. The predicted molar refractivity (Wildman–Crippen MR) is 170 cm³/mol. The quantitative estimate of drug-likeness (QED) is 0.327. The number of ether oxygens (including phenoxy) is 1. The molecule has 5 rings (SSSR count). The summed E-state index contributed by atoms with van der Waals surface area (Å²) in [6.07, 6.45) is 7.34. The van der Waals surface area contributed by atoms with Gasteiger partial charge in [0.2, 0.25) is 0 Å². The van der Waals surface area contributed by atoms with E-state index in [0.29, 0.717) is 42.7 Å². The van der Waals surface area contributed by atoms with Crippen molar-refractivity contribution in [2.45, 2.75) is 67.9 Å². The number of sulfonamides is 1. The summed E-state index contributed by atoms with van der Waals surface area (Å²) in [6.45, 7) is 12.7. The zero-order chi connectivity index (χ0) is 31.0. The van der Waals surface area contributed by atoms with Crippen LogP contribution in [0, 0.1) is 11.8 Å². The summed E-state index contributed by atoms with van der Waals surface area (Å²) in [5, 5.41) is 14.3. The van der Waals surface area contributed by atoms with Crippen LogP contribution in [0.5, 0.6) is 5.75 Å². The van der Waals surface area contributed by atoms with Crippen LogP contribution in [0.4, 0.5) is 5.69 Å². The molecule has 0 saturated heterocycles. The molecule has 1 heterocycles. The van der Waals surface area contributed by atoms with Crippen LogP contribution in [0.3, 0.4) is 0 Å². The van der Waals surface area contributed by atoms with E-state index in [1.54, 1.807) is 38.1 Å². The van der Waals surface area contributed by atoms with Crippen LogP contribution in [0.15, 0.2) is 66.6 Å². The molecule has 1 amide bonds. The van der Waals surface area contributed by atoms with Crippen molar-refractivity contribution in [3.63, 3.8) is 0 Å². The molecule has 3 aliphatic rings. The fraction of sp³-hybridized carbons (Fsp3) is 0.485. The molecule has 1 fully saturated rings. The van der Waals surface area contributed by atoms with E-state index in [1.165, 1.54) is 17.2 Å². The number of hydrogen-bond donors (Lipinski definition) is 3. The fourth-order valence-corrected chi connectivity index (χ4v) is 8.03. The summed E-state index contributed by atoms with van der Waals surface area (Å²) in [7, 11) is -4.19. The Labute approximate surface area is 260 Å². The van der Waals surface area contributed by atoms with E-state index in [-0.39, 0.29) is 22.1 Å². The van der Waals surface area contributed by atoms with Crippen molar-refractivity contribution in [3.8, 4) is 5.75 Å². The van der Waals surface area contributed by atoms with E-state index >= 15 is 0 Å². The first-order valence-corrected chi connectivity index (χ1v) is 16.8. The minimum atomic E-state index is -4.19. The molecule has 43 heavy (non-hydrogen) atoms.